The van der Waals surface area contributed by atoms with Gasteiger partial charge in [0.15, 0.2) is 11.6 Å². The highest BCUT2D eigenvalue weighted by atomic mass is 15.2. The topological polar surface area (TPSA) is 43.6 Å². The molecule has 0 unspecified atom stereocenters. The summed E-state index contributed by atoms with van der Waals surface area (Å²) in [7, 11) is 0. The number of aromatic nitrogens is 4. The molecule has 0 amide bonds. The Hall–Kier alpha value is -5.87. The van der Waals surface area contributed by atoms with Crippen LogP contribution in [0.4, 0.5) is 0 Å². The van der Waals surface area contributed by atoms with Crippen molar-refractivity contribution in [2.45, 2.75) is 18.8 Å². The van der Waals surface area contributed by atoms with Gasteiger partial charge in [0.25, 0.3) is 0 Å². The van der Waals surface area contributed by atoms with E-state index in [0.717, 1.165) is 35.0 Å². The molecule has 9 rings (SSSR count). The molecule has 4 nitrogen and oxygen atoms in total. The number of aryl methyl sites for hydroxylation is 1. The molecule has 2 aromatic heterocycles. The van der Waals surface area contributed by atoms with Crippen LogP contribution in [0.25, 0.3) is 61.7 Å². The summed E-state index contributed by atoms with van der Waals surface area (Å²) in [6.07, 6.45) is 2.07. The van der Waals surface area contributed by atoms with E-state index in [4.69, 9.17) is 15.0 Å². The van der Waals surface area contributed by atoms with E-state index < -0.39 is 0 Å². The number of fused-ring (bicyclic) bond motifs is 7. The van der Waals surface area contributed by atoms with E-state index >= 15 is 0 Å². The SMILES string of the molecule is c1ccc(CC[C@@H]2c3ccccc3-c3c2ccc2c4ccccc4n(-c4nc(-c5ccccc5)nc(-c5ccccc5)n4)c32)cc1. The molecule has 0 aliphatic heterocycles. The summed E-state index contributed by atoms with van der Waals surface area (Å²) in [5.74, 6) is 2.24. The molecule has 0 saturated heterocycles. The van der Waals surface area contributed by atoms with E-state index in [-0.39, 0.29) is 0 Å². The summed E-state index contributed by atoms with van der Waals surface area (Å²) in [6.45, 7) is 0. The van der Waals surface area contributed by atoms with Crippen molar-refractivity contribution in [2.75, 3.05) is 0 Å². The van der Waals surface area contributed by atoms with Crippen molar-refractivity contribution in [1.82, 2.24) is 19.5 Å². The normalized spacial score (nSPS) is 13.6. The standard InChI is InChI=1S/C42H30N4/c1-4-14-28(15-5-1)24-25-32-31-20-10-11-22-34(31)38-35(32)26-27-36-33-21-12-13-23-37(33)46(39(36)38)42-44-40(29-16-6-2-7-17-29)43-41(45-42)30-18-8-3-9-19-30/h1-23,26-27,32H,24-25H2/t32-/m1/s1. The first kappa shape index (κ1) is 26.5. The summed E-state index contributed by atoms with van der Waals surface area (Å²) in [6, 6.07) is 53.5. The number of benzene rings is 6. The van der Waals surface area contributed by atoms with Crippen molar-refractivity contribution in [3.05, 3.63) is 168 Å². The summed E-state index contributed by atoms with van der Waals surface area (Å²) < 4.78 is 2.28. The fraction of sp³-hybridized carbons (Fsp3) is 0.0714. The number of nitrogens with zero attached hydrogens (tertiary/aromatic N) is 4. The second-order valence-corrected chi connectivity index (χ2v) is 12.0. The first-order valence-corrected chi connectivity index (χ1v) is 15.9. The van der Waals surface area contributed by atoms with Gasteiger partial charge in [-0.2, -0.15) is 9.97 Å². The highest BCUT2D eigenvalue weighted by molar-refractivity contribution is 6.15. The Morgan fingerprint density at radius 1 is 0.500 bits per heavy atom. The van der Waals surface area contributed by atoms with Crippen molar-refractivity contribution < 1.29 is 0 Å². The Labute approximate surface area is 267 Å². The summed E-state index contributed by atoms with van der Waals surface area (Å²) in [4.78, 5) is 15.4. The van der Waals surface area contributed by atoms with Crippen molar-refractivity contribution in [1.29, 1.82) is 0 Å². The van der Waals surface area contributed by atoms with E-state index in [1.807, 2.05) is 36.4 Å². The molecule has 0 bridgehead atoms. The molecule has 0 saturated carbocycles. The fourth-order valence-corrected chi connectivity index (χ4v) is 7.21. The van der Waals surface area contributed by atoms with Crippen molar-refractivity contribution in [2.24, 2.45) is 0 Å². The van der Waals surface area contributed by atoms with Gasteiger partial charge in [-0.1, -0.05) is 146 Å². The largest absolute Gasteiger partial charge is 0.277 e. The molecule has 4 heteroatoms. The maximum atomic E-state index is 5.19. The van der Waals surface area contributed by atoms with Crippen molar-refractivity contribution >= 4 is 21.8 Å². The first-order valence-electron chi connectivity index (χ1n) is 15.9. The van der Waals surface area contributed by atoms with Crippen LogP contribution in [-0.4, -0.2) is 19.5 Å². The minimum Gasteiger partial charge on any atom is -0.277 e. The van der Waals surface area contributed by atoms with Crippen LogP contribution in [0.3, 0.4) is 0 Å². The molecular weight excluding hydrogens is 560 g/mol. The Balaban J connectivity index is 1.32. The van der Waals surface area contributed by atoms with Crippen LogP contribution in [0.2, 0.25) is 0 Å². The van der Waals surface area contributed by atoms with Crippen LogP contribution in [0.1, 0.15) is 29.0 Å². The smallest absolute Gasteiger partial charge is 0.238 e. The van der Waals surface area contributed by atoms with Gasteiger partial charge in [-0.3, -0.25) is 4.57 Å². The number of hydrogen-bond acceptors (Lipinski definition) is 3. The monoisotopic (exact) mass is 590 g/mol. The minimum atomic E-state index is 0.306. The molecular formula is C42H30N4. The third-order valence-electron chi connectivity index (χ3n) is 9.30. The lowest BCUT2D eigenvalue weighted by molar-refractivity contribution is 0.730. The summed E-state index contributed by atoms with van der Waals surface area (Å²) in [5.41, 5.74) is 10.9. The zero-order chi connectivity index (χ0) is 30.5. The second-order valence-electron chi connectivity index (χ2n) is 12.0. The molecule has 0 fully saturated rings. The molecule has 0 spiro atoms. The van der Waals surface area contributed by atoms with Crippen LogP contribution in [0, 0.1) is 0 Å². The molecule has 6 aromatic carbocycles. The molecule has 218 valence electrons. The van der Waals surface area contributed by atoms with Gasteiger partial charge < -0.3 is 0 Å². The van der Waals surface area contributed by atoms with Gasteiger partial charge in [-0.15, -0.1) is 0 Å². The van der Waals surface area contributed by atoms with Gasteiger partial charge in [-0.05, 0) is 41.2 Å². The molecule has 0 radical (unpaired) electrons. The Kier molecular flexibility index (Phi) is 6.31. The molecule has 1 aliphatic rings. The zero-order valence-electron chi connectivity index (χ0n) is 25.2. The van der Waals surface area contributed by atoms with Crippen molar-refractivity contribution in [3.63, 3.8) is 0 Å². The van der Waals surface area contributed by atoms with E-state index in [9.17, 15) is 0 Å². The van der Waals surface area contributed by atoms with Crippen LogP contribution in [-0.2, 0) is 6.42 Å². The third-order valence-corrected chi connectivity index (χ3v) is 9.30. The third kappa shape index (κ3) is 4.33. The lowest BCUT2D eigenvalue weighted by Crippen LogP contribution is -2.07. The Morgan fingerprint density at radius 3 is 1.83 bits per heavy atom. The number of hydrogen-bond donors (Lipinski definition) is 0. The van der Waals surface area contributed by atoms with Gasteiger partial charge in [-0.25, -0.2) is 4.98 Å². The molecule has 0 N–H and O–H groups in total. The zero-order valence-corrected chi connectivity index (χ0v) is 25.2. The van der Waals surface area contributed by atoms with E-state index in [0.29, 0.717) is 23.5 Å². The van der Waals surface area contributed by atoms with Crippen LogP contribution < -0.4 is 0 Å². The first-order chi connectivity index (χ1) is 22.8. The lowest BCUT2D eigenvalue weighted by Gasteiger charge is -2.15. The summed E-state index contributed by atoms with van der Waals surface area (Å²) in [5, 5.41) is 2.39. The number of para-hydroxylation sites is 1. The van der Waals surface area contributed by atoms with E-state index in [2.05, 4.69) is 120 Å². The van der Waals surface area contributed by atoms with Crippen LogP contribution in [0.15, 0.2) is 152 Å². The minimum absolute atomic E-state index is 0.306. The van der Waals surface area contributed by atoms with Gasteiger partial charge in [0, 0.05) is 33.4 Å². The average molecular weight is 591 g/mol. The van der Waals surface area contributed by atoms with E-state index in [1.165, 1.54) is 38.6 Å². The summed E-state index contributed by atoms with van der Waals surface area (Å²) >= 11 is 0. The fourth-order valence-electron chi connectivity index (χ4n) is 7.21. The number of rotatable bonds is 6. The molecule has 2 heterocycles. The van der Waals surface area contributed by atoms with Gasteiger partial charge in [0.05, 0.1) is 11.0 Å². The maximum Gasteiger partial charge on any atom is 0.238 e. The Bertz CT molecular complexity index is 2300. The quantitative estimate of drug-likeness (QED) is 0.194. The average Bonchev–Trinajstić information content (AvgIpc) is 3.64. The maximum absolute atomic E-state index is 5.19. The van der Waals surface area contributed by atoms with Gasteiger partial charge in [0.2, 0.25) is 5.95 Å². The van der Waals surface area contributed by atoms with Crippen LogP contribution >= 0.6 is 0 Å². The molecule has 1 atom stereocenters. The predicted octanol–water partition coefficient (Wildman–Crippen LogP) is 10.0. The Morgan fingerprint density at radius 2 is 1.11 bits per heavy atom. The predicted molar refractivity (Wildman–Crippen MR) is 187 cm³/mol. The molecule has 8 aromatic rings. The van der Waals surface area contributed by atoms with E-state index in [1.54, 1.807) is 0 Å². The van der Waals surface area contributed by atoms with Gasteiger partial charge >= 0.3 is 0 Å². The van der Waals surface area contributed by atoms with Gasteiger partial charge in [0.1, 0.15) is 0 Å². The molecule has 1 aliphatic carbocycles. The highest BCUT2D eigenvalue weighted by Gasteiger charge is 2.32. The molecule has 46 heavy (non-hydrogen) atoms. The highest BCUT2D eigenvalue weighted by Crippen LogP contribution is 2.51. The van der Waals surface area contributed by atoms with Crippen LogP contribution in [0.5, 0.6) is 0 Å². The lowest BCUT2D eigenvalue weighted by atomic mass is 9.90. The van der Waals surface area contributed by atoms with Crippen molar-refractivity contribution in [3.8, 4) is 39.9 Å². The second kappa shape index (κ2) is 10.9.